The Morgan fingerprint density at radius 3 is 2.42 bits per heavy atom. The molecule has 24 heavy (non-hydrogen) atoms. The number of methoxy groups -OCH3 is 2. The number of rotatable bonds is 5. The number of hydrogen-bond acceptors (Lipinski definition) is 4. The number of aldehydes is 1. The molecule has 0 bridgehead atoms. The quantitative estimate of drug-likeness (QED) is 0.657. The number of carbonyl (C=O) groups excluding carboxylic acids is 1. The van der Waals surface area contributed by atoms with E-state index in [-0.39, 0.29) is 5.15 Å². The molecular formula is C18H15ClN2O3. The van der Waals surface area contributed by atoms with Crippen LogP contribution in [0.3, 0.4) is 0 Å². The van der Waals surface area contributed by atoms with Crippen molar-refractivity contribution < 1.29 is 14.3 Å². The first kappa shape index (κ1) is 16.1. The van der Waals surface area contributed by atoms with Crippen LogP contribution in [-0.4, -0.2) is 30.3 Å². The van der Waals surface area contributed by atoms with Gasteiger partial charge in [-0.2, -0.15) is 5.10 Å². The third-order valence-electron chi connectivity index (χ3n) is 3.64. The Hall–Kier alpha value is -2.79. The number of halogens is 1. The van der Waals surface area contributed by atoms with Crippen LogP contribution in [0.1, 0.15) is 10.4 Å². The summed E-state index contributed by atoms with van der Waals surface area (Å²) >= 11 is 6.38. The maximum atomic E-state index is 11.6. The summed E-state index contributed by atoms with van der Waals surface area (Å²) in [6.45, 7) is 0. The number of nitrogens with zero attached hydrogens (tertiary/aromatic N) is 2. The maximum absolute atomic E-state index is 11.6. The van der Waals surface area contributed by atoms with E-state index in [1.54, 1.807) is 19.2 Å². The molecule has 0 saturated heterocycles. The van der Waals surface area contributed by atoms with Gasteiger partial charge < -0.3 is 9.47 Å². The molecular weight excluding hydrogens is 328 g/mol. The number of hydrogen-bond donors (Lipinski definition) is 0. The average molecular weight is 343 g/mol. The fourth-order valence-electron chi connectivity index (χ4n) is 2.53. The smallest absolute Gasteiger partial charge is 0.170 e. The highest BCUT2D eigenvalue weighted by Crippen LogP contribution is 2.40. The van der Waals surface area contributed by atoms with Gasteiger partial charge in [0.05, 0.1) is 25.5 Å². The summed E-state index contributed by atoms with van der Waals surface area (Å²) in [5, 5.41) is 4.77. The summed E-state index contributed by atoms with van der Waals surface area (Å²) < 4.78 is 12.3. The molecule has 0 N–H and O–H groups in total. The van der Waals surface area contributed by atoms with E-state index < -0.39 is 0 Å². The average Bonchev–Trinajstić information content (AvgIpc) is 2.97. The first-order valence-electron chi connectivity index (χ1n) is 7.21. The molecule has 0 atom stereocenters. The minimum Gasteiger partial charge on any atom is -0.493 e. The highest BCUT2D eigenvalue weighted by Gasteiger charge is 2.22. The van der Waals surface area contributed by atoms with E-state index >= 15 is 0 Å². The van der Waals surface area contributed by atoms with Gasteiger partial charge in [-0.25, -0.2) is 4.68 Å². The number of aromatic nitrogens is 2. The molecule has 122 valence electrons. The van der Waals surface area contributed by atoms with Crippen LogP contribution in [0.2, 0.25) is 5.15 Å². The summed E-state index contributed by atoms with van der Waals surface area (Å²) in [5.41, 5.74) is 2.14. The second kappa shape index (κ2) is 6.76. The largest absolute Gasteiger partial charge is 0.493 e. The molecule has 0 radical (unpaired) electrons. The van der Waals surface area contributed by atoms with E-state index in [1.165, 1.54) is 11.8 Å². The van der Waals surface area contributed by atoms with Crippen molar-refractivity contribution in [2.75, 3.05) is 14.2 Å². The van der Waals surface area contributed by atoms with E-state index in [0.29, 0.717) is 34.6 Å². The Bertz CT molecular complexity index is 875. The van der Waals surface area contributed by atoms with Gasteiger partial charge in [0, 0.05) is 5.56 Å². The van der Waals surface area contributed by atoms with Crippen LogP contribution in [0.15, 0.2) is 48.5 Å². The summed E-state index contributed by atoms with van der Waals surface area (Å²) in [4.78, 5) is 11.6. The molecule has 3 aromatic rings. The Balaban J connectivity index is 2.25. The molecule has 0 aliphatic rings. The zero-order chi connectivity index (χ0) is 17.1. The van der Waals surface area contributed by atoms with Gasteiger partial charge in [-0.3, -0.25) is 4.79 Å². The lowest BCUT2D eigenvalue weighted by Gasteiger charge is -2.11. The van der Waals surface area contributed by atoms with Crippen molar-refractivity contribution in [2.24, 2.45) is 0 Å². The molecule has 0 saturated carbocycles. The lowest BCUT2D eigenvalue weighted by Crippen LogP contribution is -1.97. The highest BCUT2D eigenvalue weighted by atomic mass is 35.5. The van der Waals surface area contributed by atoms with Gasteiger partial charge in [-0.1, -0.05) is 35.9 Å². The monoisotopic (exact) mass is 342 g/mol. The van der Waals surface area contributed by atoms with E-state index in [9.17, 15) is 4.79 Å². The Kier molecular flexibility index (Phi) is 4.53. The lowest BCUT2D eigenvalue weighted by atomic mass is 10.1. The van der Waals surface area contributed by atoms with Gasteiger partial charge in [-0.05, 0) is 24.3 Å². The third-order valence-corrected chi connectivity index (χ3v) is 4.00. The number of ether oxygens (including phenoxy) is 2. The summed E-state index contributed by atoms with van der Waals surface area (Å²) in [6, 6.07) is 14.8. The highest BCUT2D eigenvalue weighted by molar-refractivity contribution is 6.32. The van der Waals surface area contributed by atoms with Crippen molar-refractivity contribution in [3.8, 4) is 28.4 Å². The van der Waals surface area contributed by atoms with Crippen molar-refractivity contribution in [1.29, 1.82) is 0 Å². The first-order chi connectivity index (χ1) is 11.7. The minimum atomic E-state index is 0.246. The molecule has 2 aromatic carbocycles. The SMILES string of the molecule is COc1cccc(-c2nn(-c3ccccc3)c(Cl)c2C=O)c1OC. The normalized spacial score (nSPS) is 10.5. The van der Waals surface area contributed by atoms with Crippen molar-refractivity contribution in [2.45, 2.75) is 0 Å². The second-order valence-electron chi connectivity index (χ2n) is 4.96. The zero-order valence-electron chi connectivity index (χ0n) is 13.2. The summed E-state index contributed by atoms with van der Waals surface area (Å²) in [6.07, 6.45) is 0.697. The molecule has 1 heterocycles. The van der Waals surface area contributed by atoms with Crippen LogP contribution in [0.5, 0.6) is 11.5 Å². The first-order valence-corrected chi connectivity index (χ1v) is 7.59. The number of carbonyl (C=O) groups is 1. The van der Waals surface area contributed by atoms with Crippen molar-refractivity contribution >= 4 is 17.9 Å². The van der Waals surface area contributed by atoms with Crippen molar-refractivity contribution in [3.05, 3.63) is 59.2 Å². The van der Waals surface area contributed by atoms with E-state index in [0.717, 1.165) is 5.69 Å². The predicted molar refractivity (Wildman–Crippen MR) is 92.5 cm³/mol. The molecule has 3 rings (SSSR count). The van der Waals surface area contributed by atoms with Crippen LogP contribution >= 0.6 is 11.6 Å². The molecule has 0 fully saturated rings. The van der Waals surface area contributed by atoms with Crippen molar-refractivity contribution in [1.82, 2.24) is 9.78 Å². The molecule has 6 heteroatoms. The van der Waals surface area contributed by atoms with E-state index in [1.807, 2.05) is 36.4 Å². The Morgan fingerprint density at radius 2 is 1.79 bits per heavy atom. The summed E-state index contributed by atoms with van der Waals surface area (Å²) in [7, 11) is 3.09. The second-order valence-corrected chi connectivity index (χ2v) is 5.32. The van der Waals surface area contributed by atoms with Crippen LogP contribution in [0.25, 0.3) is 16.9 Å². The maximum Gasteiger partial charge on any atom is 0.170 e. The van der Waals surface area contributed by atoms with Crippen LogP contribution in [0, 0.1) is 0 Å². The molecule has 0 aliphatic carbocycles. The molecule has 0 amide bonds. The third kappa shape index (κ3) is 2.63. The van der Waals surface area contributed by atoms with Gasteiger partial charge in [0.1, 0.15) is 10.8 Å². The standard InChI is InChI=1S/C18H15ClN2O3/c1-23-15-10-6-9-13(17(15)24-2)16-14(11-22)18(19)21(20-16)12-7-4-3-5-8-12/h3-11H,1-2H3. The lowest BCUT2D eigenvalue weighted by molar-refractivity contribution is 0.112. The molecule has 1 aromatic heterocycles. The molecule has 0 spiro atoms. The molecule has 5 nitrogen and oxygen atoms in total. The fraction of sp³-hybridized carbons (Fsp3) is 0.111. The molecule has 0 unspecified atom stereocenters. The molecule has 0 aliphatic heterocycles. The van der Waals surface area contributed by atoms with E-state index in [2.05, 4.69) is 5.10 Å². The minimum absolute atomic E-state index is 0.246. The summed E-state index contributed by atoms with van der Waals surface area (Å²) in [5.74, 6) is 1.05. The van der Waals surface area contributed by atoms with Gasteiger partial charge in [0.2, 0.25) is 0 Å². The number of benzene rings is 2. The number of para-hydroxylation sites is 2. The van der Waals surface area contributed by atoms with Gasteiger partial charge >= 0.3 is 0 Å². The zero-order valence-corrected chi connectivity index (χ0v) is 13.9. The van der Waals surface area contributed by atoms with Gasteiger partial charge in [0.15, 0.2) is 17.8 Å². The van der Waals surface area contributed by atoms with Crippen LogP contribution in [0.4, 0.5) is 0 Å². The van der Waals surface area contributed by atoms with Crippen LogP contribution in [-0.2, 0) is 0 Å². The van der Waals surface area contributed by atoms with Gasteiger partial charge in [0.25, 0.3) is 0 Å². The van der Waals surface area contributed by atoms with Crippen molar-refractivity contribution in [3.63, 3.8) is 0 Å². The topological polar surface area (TPSA) is 53.4 Å². The van der Waals surface area contributed by atoms with E-state index in [4.69, 9.17) is 21.1 Å². The Morgan fingerprint density at radius 1 is 1.04 bits per heavy atom. The Labute approximate surface area is 144 Å². The fourth-order valence-corrected chi connectivity index (χ4v) is 2.80. The van der Waals surface area contributed by atoms with Crippen LogP contribution < -0.4 is 9.47 Å². The predicted octanol–water partition coefficient (Wildman–Crippen LogP) is 4.02. The van der Waals surface area contributed by atoms with Gasteiger partial charge in [-0.15, -0.1) is 0 Å².